The predicted octanol–water partition coefficient (Wildman–Crippen LogP) is 2.39. The molecule has 16 heavy (non-hydrogen) atoms. The Labute approximate surface area is 98.8 Å². The summed E-state index contributed by atoms with van der Waals surface area (Å²) in [6, 6.07) is 7.22. The molecule has 0 amide bonds. The third-order valence-electron chi connectivity index (χ3n) is 2.69. The van der Waals surface area contributed by atoms with Crippen molar-refractivity contribution in [3.63, 3.8) is 0 Å². The summed E-state index contributed by atoms with van der Waals surface area (Å²) in [6.45, 7) is 1.17. The van der Waals surface area contributed by atoms with Gasteiger partial charge in [0.15, 0.2) is 12.5 Å². The third kappa shape index (κ3) is 2.55. The molecule has 2 rings (SSSR count). The summed E-state index contributed by atoms with van der Waals surface area (Å²) in [7, 11) is 0. The summed E-state index contributed by atoms with van der Waals surface area (Å²) < 4.78 is 12.2. The molecule has 0 aromatic heterocycles. The van der Waals surface area contributed by atoms with Gasteiger partial charge in [0.05, 0.1) is 0 Å². The maximum absolute atomic E-state index is 12.2. The molecule has 1 saturated heterocycles. The summed E-state index contributed by atoms with van der Waals surface area (Å²) in [4.78, 5) is 13.4. The lowest BCUT2D eigenvalue weighted by Gasteiger charge is -2.28. The van der Waals surface area contributed by atoms with Crippen molar-refractivity contribution in [2.75, 3.05) is 36.2 Å². The molecule has 1 aliphatic rings. The van der Waals surface area contributed by atoms with Crippen molar-refractivity contribution in [1.29, 1.82) is 0 Å². The number of anilines is 1. The van der Waals surface area contributed by atoms with Gasteiger partial charge in [-0.05, 0) is 24.3 Å². The topological polar surface area (TPSA) is 20.3 Å². The molecule has 0 aliphatic carbocycles. The molecule has 0 spiro atoms. The molecule has 1 heterocycles. The Morgan fingerprint density at radius 1 is 1.25 bits per heavy atom. The predicted molar refractivity (Wildman–Crippen MR) is 66.3 cm³/mol. The van der Waals surface area contributed by atoms with E-state index in [1.54, 1.807) is 12.1 Å². The highest BCUT2D eigenvalue weighted by Crippen LogP contribution is 2.19. The van der Waals surface area contributed by atoms with Crippen LogP contribution in [-0.2, 0) is 0 Å². The Balaban J connectivity index is 2.09. The molecule has 0 saturated carbocycles. The molecule has 86 valence electrons. The first-order chi connectivity index (χ1) is 7.81. The average molecular weight is 239 g/mol. The van der Waals surface area contributed by atoms with E-state index in [-0.39, 0.29) is 0 Å². The van der Waals surface area contributed by atoms with Crippen molar-refractivity contribution >= 4 is 23.2 Å². The average Bonchev–Trinajstić information content (AvgIpc) is 2.39. The molecule has 1 aliphatic heterocycles. The van der Waals surface area contributed by atoms with Gasteiger partial charge in [-0.15, -0.1) is 0 Å². The molecule has 0 radical (unpaired) electrons. The lowest BCUT2D eigenvalue weighted by atomic mass is 10.1. The van der Waals surface area contributed by atoms with E-state index < -0.39 is 12.5 Å². The van der Waals surface area contributed by atoms with Crippen LogP contribution in [-0.4, -0.2) is 37.1 Å². The fraction of sp³-hybridized carbons (Fsp3) is 0.417. The minimum atomic E-state index is -0.917. The van der Waals surface area contributed by atoms with E-state index in [9.17, 15) is 9.18 Å². The smallest absolute Gasteiger partial charge is 0.193 e. The number of hydrogen-bond donors (Lipinski definition) is 0. The molecule has 4 heteroatoms. The van der Waals surface area contributed by atoms with E-state index in [1.165, 1.54) is 0 Å². The maximum atomic E-state index is 12.2. The second-order valence-electron chi connectivity index (χ2n) is 3.70. The standard InChI is InChI=1S/C12H14FNOS/c13-9-12(15)10-1-3-11(4-2-10)14-5-7-16-8-6-14/h1-4H,5-9H2. The first-order valence-electron chi connectivity index (χ1n) is 5.33. The summed E-state index contributed by atoms with van der Waals surface area (Å²) in [6.07, 6.45) is 0. The fourth-order valence-electron chi connectivity index (χ4n) is 1.76. The Bertz CT molecular complexity index is 360. The van der Waals surface area contributed by atoms with Crippen LogP contribution in [0, 0.1) is 0 Å². The number of rotatable bonds is 3. The molecule has 0 bridgehead atoms. The zero-order valence-corrected chi connectivity index (χ0v) is 9.80. The highest BCUT2D eigenvalue weighted by molar-refractivity contribution is 7.99. The Morgan fingerprint density at radius 2 is 1.88 bits per heavy atom. The zero-order valence-electron chi connectivity index (χ0n) is 8.99. The quantitative estimate of drug-likeness (QED) is 0.755. The summed E-state index contributed by atoms with van der Waals surface area (Å²) >= 11 is 1.96. The van der Waals surface area contributed by atoms with Gasteiger partial charge in [0.2, 0.25) is 0 Å². The SMILES string of the molecule is O=C(CF)c1ccc(N2CCSCC2)cc1. The van der Waals surface area contributed by atoms with E-state index in [0.29, 0.717) is 5.56 Å². The first-order valence-corrected chi connectivity index (χ1v) is 6.48. The van der Waals surface area contributed by atoms with Crippen LogP contribution in [0.1, 0.15) is 10.4 Å². The van der Waals surface area contributed by atoms with Crippen LogP contribution in [0.15, 0.2) is 24.3 Å². The second-order valence-corrected chi connectivity index (χ2v) is 4.93. The van der Waals surface area contributed by atoms with Gasteiger partial charge in [-0.3, -0.25) is 4.79 Å². The summed E-state index contributed by atoms with van der Waals surface area (Å²) in [5.74, 6) is 1.84. The van der Waals surface area contributed by atoms with Gasteiger partial charge in [0.25, 0.3) is 0 Å². The molecular formula is C12H14FNOS. The Kier molecular flexibility index (Phi) is 3.83. The number of benzene rings is 1. The number of Topliss-reactive ketones (excluding diaryl/α,β-unsaturated/α-hetero) is 1. The number of ketones is 1. The van der Waals surface area contributed by atoms with Gasteiger partial charge in [-0.25, -0.2) is 4.39 Å². The minimum Gasteiger partial charge on any atom is -0.370 e. The molecule has 1 aromatic rings. The molecule has 0 atom stereocenters. The molecule has 1 aromatic carbocycles. The largest absolute Gasteiger partial charge is 0.370 e. The van der Waals surface area contributed by atoms with E-state index in [0.717, 1.165) is 30.3 Å². The lowest BCUT2D eigenvalue weighted by Crippen LogP contribution is -2.32. The van der Waals surface area contributed by atoms with Crippen LogP contribution >= 0.6 is 11.8 Å². The molecule has 0 unspecified atom stereocenters. The molecule has 0 N–H and O–H groups in total. The van der Waals surface area contributed by atoms with Crippen LogP contribution < -0.4 is 4.90 Å². The van der Waals surface area contributed by atoms with Crippen molar-refractivity contribution in [3.8, 4) is 0 Å². The number of halogens is 1. The number of alkyl halides is 1. The molecular weight excluding hydrogens is 225 g/mol. The maximum Gasteiger partial charge on any atom is 0.193 e. The first kappa shape index (κ1) is 11.5. The van der Waals surface area contributed by atoms with E-state index in [2.05, 4.69) is 4.90 Å². The van der Waals surface area contributed by atoms with Crippen LogP contribution in [0.3, 0.4) is 0 Å². The van der Waals surface area contributed by atoms with Gasteiger partial charge in [-0.2, -0.15) is 11.8 Å². The number of nitrogens with zero attached hydrogens (tertiary/aromatic N) is 1. The van der Waals surface area contributed by atoms with Gasteiger partial charge >= 0.3 is 0 Å². The number of thioether (sulfide) groups is 1. The van der Waals surface area contributed by atoms with Crippen molar-refractivity contribution < 1.29 is 9.18 Å². The molecule has 2 nitrogen and oxygen atoms in total. The summed E-state index contributed by atoms with van der Waals surface area (Å²) in [5, 5.41) is 0. The monoisotopic (exact) mass is 239 g/mol. The summed E-state index contributed by atoms with van der Waals surface area (Å²) in [5.41, 5.74) is 1.58. The Morgan fingerprint density at radius 3 is 2.44 bits per heavy atom. The number of hydrogen-bond acceptors (Lipinski definition) is 3. The van der Waals surface area contributed by atoms with Crippen molar-refractivity contribution in [1.82, 2.24) is 0 Å². The number of carbonyl (C=O) groups is 1. The van der Waals surface area contributed by atoms with Crippen LogP contribution in [0.5, 0.6) is 0 Å². The van der Waals surface area contributed by atoms with Crippen LogP contribution in [0.4, 0.5) is 10.1 Å². The van der Waals surface area contributed by atoms with Gasteiger partial charge in [0, 0.05) is 35.8 Å². The highest BCUT2D eigenvalue weighted by atomic mass is 32.2. The van der Waals surface area contributed by atoms with Crippen molar-refractivity contribution in [2.24, 2.45) is 0 Å². The highest BCUT2D eigenvalue weighted by Gasteiger charge is 2.11. The normalized spacial score (nSPS) is 16.2. The van der Waals surface area contributed by atoms with E-state index >= 15 is 0 Å². The van der Waals surface area contributed by atoms with Crippen LogP contribution in [0.2, 0.25) is 0 Å². The number of carbonyl (C=O) groups excluding carboxylic acids is 1. The molecule has 1 fully saturated rings. The van der Waals surface area contributed by atoms with Gasteiger partial charge in [-0.1, -0.05) is 0 Å². The lowest BCUT2D eigenvalue weighted by molar-refractivity contribution is 0.0958. The van der Waals surface area contributed by atoms with E-state index in [4.69, 9.17) is 0 Å². The van der Waals surface area contributed by atoms with Crippen molar-refractivity contribution in [2.45, 2.75) is 0 Å². The van der Waals surface area contributed by atoms with Gasteiger partial charge in [0.1, 0.15) is 0 Å². The van der Waals surface area contributed by atoms with E-state index in [1.807, 2.05) is 23.9 Å². The van der Waals surface area contributed by atoms with Crippen molar-refractivity contribution in [3.05, 3.63) is 29.8 Å². The third-order valence-corrected chi connectivity index (χ3v) is 3.63. The van der Waals surface area contributed by atoms with Crippen LogP contribution in [0.25, 0.3) is 0 Å². The zero-order chi connectivity index (χ0) is 11.4. The minimum absolute atomic E-state index is 0.444. The Hall–Kier alpha value is -1.03. The fourth-order valence-corrected chi connectivity index (χ4v) is 2.66. The van der Waals surface area contributed by atoms with Gasteiger partial charge < -0.3 is 4.90 Å². The second kappa shape index (κ2) is 5.34.